The zero-order valence-electron chi connectivity index (χ0n) is 12.4. The van der Waals surface area contributed by atoms with Crippen molar-refractivity contribution in [1.82, 2.24) is 0 Å². The second-order valence-electron chi connectivity index (χ2n) is 6.35. The molecule has 3 atom stereocenters. The molecule has 0 fully saturated rings. The van der Waals surface area contributed by atoms with Gasteiger partial charge in [-0.05, 0) is 36.0 Å². The summed E-state index contributed by atoms with van der Waals surface area (Å²) in [6.07, 6.45) is 3.77. The molecular formula is C15H32S. The van der Waals surface area contributed by atoms with Gasteiger partial charge in [0.2, 0.25) is 0 Å². The number of hydrogen-bond acceptors (Lipinski definition) is 1. The van der Waals surface area contributed by atoms with Crippen LogP contribution in [0.4, 0.5) is 0 Å². The highest BCUT2D eigenvalue weighted by Crippen LogP contribution is 2.45. The Morgan fingerprint density at radius 2 is 1.56 bits per heavy atom. The Bertz CT molecular complexity index is 186. The zero-order valence-corrected chi connectivity index (χ0v) is 13.3. The largest absolute Gasteiger partial charge is 0.176 e. The molecule has 0 rings (SSSR count). The zero-order chi connectivity index (χ0) is 12.9. The molecule has 0 aromatic heterocycles. The van der Waals surface area contributed by atoms with Crippen LogP contribution >= 0.6 is 12.6 Å². The van der Waals surface area contributed by atoms with Gasteiger partial charge >= 0.3 is 0 Å². The Hall–Kier alpha value is 0.350. The average molecular weight is 244 g/mol. The van der Waals surface area contributed by atoms with E-state index < -0.39 is 0 Å². The highest BCUT2D eigenvalue weighted by atomic mass is 32.1. The van der Waals surface area contributed by atoms with Crippen molar-refractivity contribution in [3.05, 3.63) is 0 Å². The van der Waals surface area contributed by atoms with Gasteiger partial charge in [-0.2, -0.15) is 12.6 Å². The molecule has 1 heteroatoms. The monoisotopic (exact) mass is 244 g/mol. The molecule has 0 radical (unpaired) electrons. The smallest absolute Gasteiger partial charge is 0.00500 e. The summed E-state index contributed by atoms with van der Waals surface area (Å²) in [7, 11) is 0. The predicted molar refractivity (Wildman–Crippen MR) is 79.2 cm³/mol. The molecule has 0 aliphatic heterocycles. The summed E-state index contributed by atoms with van der Waals surface area (Å²) in [6.45, 7) is 16.5. The molecule has 0 amide bonds. The predicted octanol–water partition coefficient (Wildman–Crippen LogP) is 5.43. The van der Waals surface area contributed by atoms with E-state index in [1.165, 1.54) is 19.3 Å². The Morgan fingerprint density at radius 1 is 1.06 bits per heavy atom. The van der Waals surface area contributed by atoms with Crippen molar-refractivity contribution < 1.29 is 0 Å². The van der Waals surface area contributed by atoms with Gasteiger partial charge in [0.25, 0.3) is 0 Å². The van der Waals surface area contributed by atoms with Gasteiger partial charge in [0.15, 0.2) is 0 Å². The first-order valence-electron chi connectivity index (χ1n) is 6.96. The van der Waals surface area contributed by atoms with E-state index in [9.17, 15) is 0 Å². The maximum atomic E-state index is 4.83. The molecule has 0 aromatic carbocycles. The van der Waals surface area contributed by atoms with Gasteiger partial charge in [-0.25, -0.2) is 0 Å². The van der Waals surface area contributed by atoms with Crippen LogP contribution in [0.5, 0.6) is 0 Å². The molecule has 0 spiro atoms. The topological polar surface area (TPSA) is 0 Å². The molecule has 16 heavy (non-hydrogen) atoms. The van der Waals surface area contributed by atoms with Gasteiger partial charge in [-0.1, -0.05) is 54.9 Å². The molecule has 0 N–H and O–H groups in total. The minimum absolute atomic E-state index is 0.449. The van der Waals surface area contributed by atoms with E-state index in [0.29, 0.717) is 10.7 Å². The Balaban J connectivity index is 4.96. The lowest BCUT2D eigenvalue weighted by atomic mass is 9.64. The van der Waals surface area contributed by atoms with Crippen LogP contribution in [0, 0.1) is 23.2 Å². The van der Waals surface area contributed by atoms with Crippen LogP contribution in [-0.2, 0) is 0 Å². The quantitative estimate of drug-likeness (QED) is 0.567. The van der Waals surface area contributed by atoms with E-state index in [1.54, 1.807) is 0 Å². The van der Waals surface area contributed by atoms with Gasteiger partial charge < -0.3 is 0 Å². The summed E-state index contributed by atoms with van der Waals surface area (Å²) >= 11 is 4.83. The van der Waals surface area contributed by atoms with E-state index in [-0.39, 0.29) is 0 Å². The SMILES string of the molecule is CCC(S)C(C(C)C)C(C)(CC)CC(C)C. The third-order valence-electron chi connectivity index (χ3n) is 4.04. The van der Waals surface area contributed by atoms with Crippen LogP contribution in [0.2, 0.25) is 0 Å². The van der Waals surface area contributed by atoms with Gasteiger partial charge in [-0.15, -0.1) is 0 Å². The summed E-state index contributed by atoms with van der Waals surface area (Å²) in [5.41, 5.74) is 0.449. The summed E-state index contributed by atoms with van der Waals surface area (Å²) in [5, 5.41) is 0.545. The standard InChI is InChI=1S/C15H32S/c1-8-13(16)14(12(5)6)15(7,9-2)10-11(3)4/h11-14,16H,8-10H2,1-7H3. The van der Waals surface area contributed by atoms with Crippen molar-refractivity contribution in [1.29, 1.82) is 0 Å². The Morgan fingerprint density at radius 3 is 1.81 bits per heavy atom. The first kappa shape index (κ1) is 16.4. The van der Waals surface area contributed by atoms with Crippen LogP contribution in [0.1, 0.15) is 67.7 Å². The molecule has 98 valence electrons. The molecular weight excluding hydrogens is 212 g/mol. The van der Waals surface area contributed by atoms with Crippen molar-refractivity contribution in [2.24, 2.45) is 23.2 Å². The number of thiol groups is 1. The summed E-state index contributed by atoms with van der Waals surface area (Å²) < 4.78 is 0. The first-order chi connectivity index (χ1) is 7.28. The van der Waals surface area contributed by atoms with Crippen molar-refractivity contribution in [2.45, 2.75) is 73.0 Å². The van der Waals surface area contributed by atoms with Crippen molar-refractivity contribution in [3.8, 4) is 0 Å². The first-order valence-corrected chi connectivity index (χ1v) is 7.48. The maximum Gasteiger partial charge on any atom is 0.00500 e. The summed E-state index contributed by atoms with van der Waals surface area (Å²) in [4.78, 5) is 0. The second-order valence-corrected chi connectivity index (χ2v) is 7.01. The third-order valence-corrected chi connectivity index (χ3v) is 4.72. The molecule has 0 aliphatic carbocycles. The molecule has 0 bridgehead atoms. The van der Waals surface area contributed by atoms with Crippen LogP contribution in [-0.4, -0.2) is 5.25 Å². The molecule has 0 heterocycles. The highest BCUT2D eigenvalue weighted by Gasteiger charge is 2.38. The van der Waals surface area contributed by atoms with Gasteiger partial charge in [0.05, 0.1) is 0 Å². The van der Waals surface area contributed by atoms with Gasteiger partial charge in [-0.3, -0.25) is 0 Å². The van der Waals surface area contributed by atoms with E-state index in [2.05, 4.69) is 48.5 Å². The average Bonchev–Trinajstić information content (AvgIpc) is 2.15. The summed E-state index contributed by atoms with van der Waals surface area (Å²) in [6, 6.07) is 0. The number of rotatable bonds is 7. The summed E-state index contributed by atoms with van der Waals surface area (Å²) in [5.74, 6) is 2.24. The number of hydrogen-bond donors (Lipinski definition) is 1. The van der Waals surface area contributed by atoms with E-state index in [1.807, 2.05) is 0 Å². The highest BCUT2D eigenvalue weighted by molar-refractivity contribution is 7.81. The second kappa shape index (κ2) is 6.93. The van der Waals surface area contributed by atoms with Gasteiger partial charge in [0, 0.05) is 5.25 Å². The van der Waals surface area contributed by atoms with E-state index >= 15 is 0 Å². The lowest BCUT2D eigenvalue weighted by molar-refractivity contribution is 0.0955. The molecule has 0 aromatic rings. The fourth-order valence-corrected chi connectivity index (χ4v) is 4.12. The van der Waals surface area contributed by atoms with Crippen LogP contribution in [0.3, 0.4) is 0 Å². The Labute approximate surface area is 109 Å². The van der Waals surface area contributed by atoms with Crippen LogP contribution < -0.4 is 0 Å². The minimum Gasteiger partial charge on any atom is -0.176 e. The van der Waals surface area contributed by atoms with Crippen molar-refractivity contribution in [2.75, 3.05) is 0 Å². The lowest BCUT2D eigenvalue weighted by Gasteiger charge is -2.44. The minimum atomic E-state index is 0.449. The fraction of sp³-hybridized carbons (Fsp3) is 1.00. The normalized spacial score (nSPS) is 19.9. The van der Waals surface area contributed by atoms with E-state index in [4.69, 9.17) is 12.6 Å². The Kier molecular flexibility index (Phi) is 7.09. The van der Waals surface area contributed by atoms with Crippen LogP contribution in [0.15, 0.2) is 0 Å². The van der Waals surface area contributed by atoms with Crippen molar-refractivity contribution in [3.63, 3.8) is 0 Å². The fourth-order valence-electron chi connectivity index (χ4n) is 3.42. The van der Waals surface area contributed by atoms with Crippen LogP contribution in [0.25, 0.3) is 0 Å². The molecule has 0 saturated carbocycles. The lowest BCUT2D eigenvalue weighted by Crippen LogP contribution is -2.38. The maximum absolute atomic E-state index is 4.83. The molecule has 3 unspecified atom stereocenters. The molecule has 0 aliphatic rings. The van der Waals surface area contributed by atoms with Gasteiger partial charge in [0.1, 0.15) is 0 Å². The molecule has 0 nitrogen and oxygen atoms in total. The molecule has 0 saturated heterocycles. The van der Waals surface area contributed by atoms with Crippen molar-refractivity contribution >= 4 is 12.6 Å². The van der Waals surface area contributed by atoms with E-state index in [0.717, 1.165) is 17.8 Å². The third kappa shape index (κ3) is 4.31.